The molecule has 2 aromatic rings. The molecule has 0 bridgehead atoms. The maximum Gasteiger partial charge on any atom is 0.353 e. The SMILES string of the molecule is Cc1nnsc1SC1=C(C(=O)O)N2C(=O)C(NC(=O)/C(=N\O)c3nsc(N)n3)C2CC1. The van der Waals surface area contributed by atoms with E-state index < -0.39 is 35.6 Å². The number of nitrogens with two attached hydrogens (primary N) is 1. The number of carboxylic acid groups (broad SMARTS) is 1. The summed E-state index contributed by atoms with van der Waals surface area (Å²) in [6.07, 6.45) is 0.837. The molecule has 162 valence electrons. The predicted molar refractivity (Wildman–Crippen MR) is 110 cm³/mol. The van der Waals surface area contributed by atoms with Crippen molar-refractivity contribution in [2.75, 3.05) is 5.73 Å². The van der Waals surface area contributed by atoms with Crippen LogP contribution in [0.4, 0.5) is 5.13 Å². The van der Waals surface area contributed by atoms with Gasteiger partial charge in [-0.2, -0.15) is 9.36 Å². The number of aliphatic carboxylic acids is 1. The Labute approximate surface area is 186 Å². The lowest BCUT2D eigenvalue weighted by atomic mass is 9.86. The van der Waals surface area contributed by atoms with Gasteiger partial charge in [-0.1, -0.05) is 21.4 Å². The van der Waals surface area contributed by atoms with Crippen LogP contribution in [0.15, 0.2) is 20.0 Å². The monoisotopic (exact) mass is 482 g/mol. The molecule has 1 saturated heterocycles. The molecule has 2 atom stereocenters. The summed E-state index contributed by atoms with van der Waals surface area (Å²) in [6.45, 7) is 1.77. The molecule has 16 heteroatoms. The van der Waals surface area contributed by atoms with Crippen molar-refractivity contribution in [2.24, 2.45) is 5.16 Å². The molecule has 0 saturated carbocycles. The molecule has 31 heavy (non-hydrogen) atoms. The number of rotatable bonds is 6. The van der Waals surface area contributed by atoms with Gasteiger partial charge in [-0.15, -0.1) is 5.10 Å². The van der Waals surface area contributed by atoms with Crippen LogP contribution < -0.4 is 11.1 Å². The highest BCUT2D eigenvalue weighted by molar-refractivity contribution is 8.04. The van der Waals surface area contributed by atoms with Crippen molar-refractivity contribution in [3.8, 4) is 0 Å². The van der Waals surface area contributed by atoms with Crippen LogP contribution in [0.3, 0.4) is 0 Å². The van der Waals surface area contributed by atoms with Gasteiger partial charge in [0, 0.05) is 16.4 Å². The second-order valence-electron chi connectivity index (χ2n) is 6.50. The fourth-order valence-corrected chi connectivity index (χ4v) is 5.60. The van der Waals surface area contributed by atoms with E-state index in [1.54, 1.807) is 6.92 Å². The van der Waals surface area contributed by atoms with Gasteiger partial charge in [-0.25, -0.2) is 4.79 Å². The fraction of sp³-hybridized carbons (Fsp3) is 0.333. The molecule has 2 aliphatic heterocycles. The number of nitrogen functional groups attached to an aromatic ring is 1. The van der Waals surface area contributed by atoms with Crippen LogP contribution in [0.2, 0.25) is 0 Å². The number of thioether (sulfide) groups is 1. The maximum absolute atomic E-state index is 12.7. The van der Waals surface area contributed by atoms with Crippen molar-refractivity contribution in [2.45, 2.75) is 36.1 Å². The number of oxime groups is 1. The number of amides is 2. The first-order valence-corrected chi connectivity index (χ1v) is 11.1. The van der Waals surface area contributed by atoms with E-state index in [0.717, 1.165) is 27.3 Å². The van der Waals surface area contributed by atoms with E-state index in [4.69, 9.17) is 5.73 Å². The third-order valence-corrected chi connectivity index (χ3v) is 7.44. The second-order valence-corrected chi connectivity index (χ2v) is 9.40. The van der Waals surface area contributed by atoms with Crippen molar-refractivity contribution < 1.29 is 24.7 Å². The van der Waals surface area contributed by atoms with E-state index in [0.29, 0.717) is 23.4 Å². The fourth-order valence-electron chi connectivity index (χ4n) is 3.29. The Hall–Kier alpha value is -3.11. The van der Waals surface area contributed by atoms with Crippen molar-refractivity contribution in [1.29, 1.82) is 0 Å². The largest absolute Gasteiger partial charge is 0.477 e. The smallest absolute Gasteiger partial charge is 0.353 e. The number of carbonyl (C=O) groups is 3. The van der Waals surface area contributed by atoms with Gasteiger partial charge < -0.3 is 21.4 Å². The first kappa shape index (κ1) is 21.1. The number of β-lactam (4-membered cyclic amide) rings is 1. The summed E-state index contributed by atoms with van der Waals surface area (Å²) in [5.41, 5.74) is 5.55. The molecule has 0 aromatic carbocycles. The van der Waals surface area contributed by atoms with Crippen LogP contribution >= 0.6 is 34.8 Å². The van der Waals surface area contributed by atoms with Gasteiger partial charge in [0.25, 0.3) is 11.8 Å². The van der Waals surface area contributed by atoms with E-state index in [1.807, 2.05) is 0 Å². The summed E-state index contributed by atoms with van der Waals surface area (Å²) in [7, 11) is 0. The molecule has 0 spiro atoms. The van der Waals surface area contributed by atoms with Crippen molar-refractivity contribution in [1.82, 2.24) is 29.2 Å². The quantitative estimate of drug-likeness (QED) is 0.188. The van der Waals surface area contributed by atoms with Gasteiger partial charge in [0.15, 0.2) is 5.13 Å². The Morgan fingerprint density at radius 3 is 2.74 bits per heavy atom. The number of fused-ring (bicyclic) bond motifs is 1. The van der Waals surface area contributed by atoms with Gasteiger partial charge in [-0.3, -0.25) is 14.5 Å². The van der Waals surface area contributed by atoms with Crippen molar-refractivity contribution in [3.05, 3.63) is 22.1 Å². The zero-order chi connectivity index (χ0) is 22.3. The number of allylic oxidation sites excluding steroid dienone is 1. The van der Waals surface area contributed by atoms with Gasteiger partial charge in [0.1, 0.15) is 15.9 Å². The molecular formula is C15H14N8O5S3. The van der Waals surface area contributed by atoms with Crippen molar-refractivity contribution >= 4 is 63.5 Å². The van der Waals surface area contributed by atoms with Crippen LogP contribution in [-0.4, -0.2) is 69.7 Å². The van der Waals surface area contributed by atoms with E-state index in [-0.39, 0.29) is 16.7 Å². The van der Waals surface area contributed by atoms with Gasteiger partial charge in [0.2, 0.25) is 11.5 Å². The molecule has 4 rings (SSSR count). The molecule has 2 aromatic heterocycles. The lowest BCUT2D eigenvalue weighted by molar-refractivity contribution is -0.155. The molecular weight excluding hydrogens is 468 g/mol. The Morgan fingerprint density at radius 2 is 2.16 bits per heavy atom. The Balaban J connectivity index is 1.53. The number of nitrogens with one attached hydrogen (secondary N) is 1. The maximum atomic E-state index is 12.7. The first-order valence-electron chi connectivity index (χ1n) is 8.70. The van der Waals surface area contributed by atoms with Crippen LogP contribution in [0.25, 0.3) is 0 Å². The summed E-state index contributed by atoms with van der Waals surface area (Å²) in [5, 5.41) is 28.3. The summed E-state index contributed by atoms with van der Waals surface area (Å²) in [5.74, 6) is -2.85. The molecule has 13 nitrogen and oxygen atoms in total. The summed E-state index contributed by atoms with van der Waals surface area (Å²) >= 11 is 3.20. The molecule has 2 aliphatic rings. The molecule has 2 unspecified atom stereocenters. The lowest BCUT2D eigenvalue weighted by Crippen LogP contribution is -2.72. The lowest BCUT2D eigenvalue weighted by Gasteiger charge is -2.50. The summed E-state index contributed by atoms with van der Waals surface area (Å²) in [6, 6.07) is -1.51. The molecule has 0 radical (unpaired) electrons. The molecule has 0 aliphatic carbocycles. The minimum Gasteiger partial charge on any atom is -0.477 e. The van der Waals surface area contributed by atoms with Crippen LogP contribution in [-0.2, 0) is 14.4 Å². The van der Waals surface area contributed by atoms with Gasteiger partial charge >= 0.3 is 5.97 Å². The highest BCUT2D eigenvalue weighted by Crippen LogP contribution is 2.44. The summed E-state index contributed by atoms with van der Waals surface area (Å²) < 4.78 is 8.40. The standard InChI is InChI=1S/C15H14N8O5S3/c1-4-14(30-22-19-4)29-6-3-2-5-7(12(25)23(5)9(6)13(26)27)17-11(24)8(20-28)10-18-15(16)31-21-10/h5,7,28H,2-3H2,1H3,(H,17,24)(H,26,27)(H2,16,18,21)/b20-8-. The number of carbonyl (C=O) groups excluding carboxylic acids is 2. The second kappa shape index (κ2) is 8.20. The number of aryl methyl sites for hydroxylation is 1. The summed E-state index contributed by atoms with van der Waals surface area (Å²) in [4.78, 5) is 42.7. The third-order valence-electron chi connectivity index (χ3n) is 4.68. The Kier molecular flexibility index (Phi) is 5.59. The van der Waals surface area contributed by atoms with E-state index in [1.165, 1.54) is 16.7 Å². The molecule has 1 fully saturated rings. The van der Waals surface area contributed by atoms with Gasteiger partial charge in [0.05, 0.1) is 11.7 Å². The third kappa shape index (κ3) is 3.72. The number of aromatic nitrogens is 4. The van der Waals surface area contributed by atoms with Crippen LogP contribution in [0.1, 0.15) is 24.4 Å². The first-order chi connectivity index (χ1) is 14.8. The average molecular weight is 483 g/mol. The number of carboxylic acids is 1. The minimum absolute atomic E-state index is 0.0785. The minimum atomic E-state index is -1.24. The predicted octanol–water partition coefficient (Wildman–Crippen LogP) is 0.0364. The zero-order valence-corrected chi connectivity index (χ0v) is 18.1. The molecule has 4 heterocycles. The van der Waals surface area contributed by atoms with Crippen molar-refractivity contribution in [3.63, 3.8) is 0 Å². The van der Waals surface area contributed by atoms with E-state index in [9.17, 15) is 24.7 Å². The topological polar surface area (TPSA) is 197 Å². The van der Waals surface area contributed by atoms with E-state index in [2.05, 4.69) is 29.4 Å². The number of anilines is 1. The molecule has 5 N–H and O–H groups in total. The zero-order valence-electron chi connectivity index (χ0n) is 15.7. The van der Waals surface area contributed by atoms with Gasteiger partial charge in [-0.05, 0) is 31.3 Å². The van der Waals surface area contributed by atoms with Crippen LogP contribution in [0, 0.1) is 6.92 Å². The Bertz CT molecular complexity index is 1140. The van der Waals surface area contributed by atoms with Crippen LogP contribution in [0.5, 0.6) is 0 Å². The number of hydrogen-bond donors (Lipinski definition) is 4. The Morgan fingerprint density at radius 1 is 1.39 bits per heavy atom. The number of nitrogens with zero attached hydrogens (tertiary/aromatic N) is 6. The highest BCUT2D eigenvalue weighted by Gasteiger charge is 2.54. The highest BCUT2D eigenvalue weighted by atomic mass is 32.2. The normalized spacial score (nSPS) is 21.0. The van der Waals surface area contributed by atoms with E-state index >= 15 is 0 Å². The number of hydrogen-bond acceptors (Lipinski definition) is 13. The average Bonchev–Trinajstić information content (AvgIpc) is 3.34. The molecule has 2 amide bonds.